The first-order valence-corrected chi connectivity index (χ1v) is 9.58. The maximum atomic E-state index is 12.5. The molecule has 0 radical (unpaired) electrons. The number of sulfonamides is 1. The fourth-order valence-electron chi connectivity index (χ4n) is 2.24. The third-order valence-electron chi connectivity index (χ3n) is 3.45. The second-order valence-electron chi connectivity index (χ2n) is 4.99. The van der Waals surface area contributed by atoms with Crippen LogP contribution in [0.1, 0.15) is 5.56 Å². The summed E-state index contributed by atoms with van der Waals surface area (Å²) in [6.45, 7) is 0.167. The normalized spacial score (nSPS) is 11.4. The number of thiophene rings is 1. The standard InChI is InChI=1S/C17H16N2O3S2/c1-22-14-6-2-7-15(11-14)24(20,21)19-12-13-5-3-9-18-17(13)16-8-4-10-23-16/h2-11,19H,12H2,1H3. The van der Waals surface area contributed by atoms with Gasteiger partial charge in [0, 0.05) is 18.8 Å². The van der Waals surface area contributed by atoms with E-state index in [2.05, 4.69) is 9.71 Å². The molecular weight excluding hydrogens is 344 g/mol. The number of hydrogen-bond acceptors (Lipinski definition) is 5. The van der Waals surface area contributed by atoms with Crippen molar-refractivity contribution in [3.8, 4) is 16.3 Å². The minimum absolute atomic E-state index is 0.167. The van der Waals surface area contributed by atoms with Gasteiger partial charge in [0.1, 0.15) is 5.75 Å². The number of ether oxygens (including phenoxy) is 1. The van der Waals surface area contributed by atoms with Crippen molar-refractivity contribution in [2.24, 2.45) is 0 Å². The van der Waals surface area contributed by atoms with Crippen LogP contribution in [0.3, 0.4) is 0 Å². The van der Waals surface area contributed by atoms with Gasteiger partial charge in [0.15, 0.2) is 0 Å². The van der Waals surface area contributed by atoms with Crippen molar-refractivity contribution in [1.82, 2.24) is 9.71 Å². The van der Waals surface area contributed by atoms with Gasteiger partial charge in [0.2, 0.25) is 10.0 Å². The highest BCUT2D eigenvalue weighted by atomic mass is 32.2. The van der Waals surface area contributed by atoms with Crippen LogP contribution in [0.4, 0.5) is 0 Å². The third-order valence-corrected chi connectivity index (χ3v) is 5.73. The van der Waals surface area contributed by atoms with Crippen molar-refractivity contribution < 1.29 is 13.2 Å². The highest BCUT2D eigenvalue weighted by Crippen LogP contribution is 2.26. The predicted octanol–water partition coefficient (Wildman–Crippen LogP) is 3.30. The van der Waals surface area contributed by atoms with Crippen LogP contribution >= 0.6 is 11.3 Å². The van der Waals surface area contributed by atoms with Crippen molar-refractivity contribution in [2.45, 2.75) is 11.4 Å². The van der Waals surface area contributed by atoms with Gasteiger partial charge in [0.05, 0.1) is 22.6 Å². The van der Waals surface area contributed by atoms with Crippen molar-refractivity contribution in [1.29, 1.82) is 0 Å². The molecule has 1 aromatic carbocycles. The highest BCUT2D eigenvalue weighted by molar-refractivity contribution is 7.89. The van der Waals surface area contributed by atoms with E-state index in [1.54, 1.807) is 35.7 Å². The van der Waals surface area contributed by atoms with Gasteiger partial charge in [-0.05, 0) is 35.2 Å². The van der Waals surface area contributed by atoms with Crippen molar-refractivity contribution >= 4 is 21.4 Å². The molecule has 5 nitrogen and oxygen atoms in total. The van der Waals surface area contributed by atoms with Crippen LogP contribution in [0.25, 0.3) is 10.6 Å². The lowest BCUT2D eigenvalue weighted by molar-refractivity contribution is 0.413. The van der Waals surface area contributed by atoms with Crippen LogP contribution in [0.2, 0.25) is 0 Å². The van der Waals surface area contributed by atoms with Crippen molar-refractivity contribution in [3.05, 3.63) is 65.7 Å². The Morgan fingerprint density at radius 2 is 2.04 bits per heavy atom. The maximum absolute atomic E-state index is 12.5. The Balaban J connectivity index is 1.83. The number of benzene rings is 1. The molecule has 0 amide bonds. The zero-order chi connectivity index (χ0) is 17.0. The van der Waals surface area contributed by atoms with E-state index in [0.29, 0.717) is 5.75 Å². The first kappa shape index (κ1) is 16.6. The fourth-order valence-corrected chi connectivity index (χ4v) is 4.04. The Kier molecular flexibility index (Phi) is 4.94. The van der Waals surface area contributed by atoms with Gasteiger partial charge in [-0.3, -0.25) is 4.98 Å². The van der Waals surface area contributed by atoms with Crippen LogP contribution in [0.15, 0.2) is 65.0 Å². The van der Waals surface area contributed by atoms with E-state index < -0.39 is 10.0 Å². The SMILES string of the molecule is COc1cccc(S(=O)(=O)NCc2cccnc2-c2cccs2)c1. The van der Waals surface area contributed by atoms with E-state index in [9.17, 15) is 8.42 Å². The summed E-state index contributed by atoms with van der Waals surface area (Å²) in [6.07, 6.45) is 1.70. The number of pyridine rings is 1. The molecule has 1 N–H and O–H groups in total. The van der Waals surface area contributed by atoms with Crippen LogP contribution in [0.5, 0.6) is 5.75 Å². The molecule has 124 valence electrons. The summed E-state index contributed by atoms with van der Waals surface area (Å²) in [4.78, 5) is 5.55. The van der Waals surface area contributed by atoms with E-state index in [1.807, 2.05) is 23.6 Å². The zero-order valence-corrected chi connectivity index (χ0v) is 14.6. The van der Waals surface area contributed by atoms with Crippen molar-refractivity contribution in [2.75, 3.05) is 7.11 Å². The fraction of sp³-hybridized carbons (Fsp3) is 0.118. The lowest BCUT2D eigenvalue weighted by Gasteiger charge is -2.10. The molecule has 2 aromatic heterocycles. The minimum atomic E-state index is -3.63. The number of rotatable bonds is 6. The molecule has 0 saturated heterocycles. The monoisotopic (exact) mass is 360 g/mol. The predicted molar refractivity (Wildman–Crippen MR) is 94.6 cm³/mol. The van der Waals surface area contributed by atoms with Gasteiger partial charge in [0.25, 0.3) is 0 Å². The van der Waals surface area contributed by atoms with E-state index >= 15 is 0 Å². The van der Waals surface area contributed by atoms with E-state index in [4.69, 9.17) is 4.74 Å². The quantitative estimate of drug-likeness (QED) is 0.732. The van der Waals surface area contributed by atoms with Gasteiger partial charge in [-0.2, -0.15) is 0 Å². The van der Waals surface area contributed by atoms with Gasteiger partial charge in [-0.1, -0.05) is 18.2 Å². The molecule has 0 aliphatic heterocycles. The number of hydrogen-bond donors (Lipinski definition) is 1. The molecule has 0 bridgehead atoms. The molecule has 0 fully saturated rings. The largest absolute Gasteiger partial charge is 0.497 e. The van der Waals surface area contributed by atoms with Gasteiger partial charge in [-0.15, -0.1) is 11.3 Å². The molecule has 0 unspecified atom stereocenters. The van der Waals surface area contributed by atoms with Crippen LogP contribution in [-0.4, -0.2) is 20.5 Å². The van der Waals surface area contributed by atoms with Crippen molar-refractivity contribution in [3.63, 3.8) is 0 Å². The smallest absolute Gasteiger partial charge is 0.241 e. The summed E-state index contributed by atoms with van der Waals surface area (Å²) in [5, 5.41) is 1.97. The molecule has 2 heterocycles. The zero-order valence-electron chi connectivity index (χ0n) is 13.0. The van der Waals surface area contributed by atoms with Gasteiger partial charge >= 0.3 is 0 Å². The molecule has 7 heteroatoms. The average molecular weight is 360 g/mol. The number of aromatic nitrogens is 1. The molecule has 24 heavy (non-hydrogen) atoms. The molecule has 3 aromatic rings. The summed E-state index contributed by atoms with van der Waals surface area (Å²) in [5.74, 6) is 0.499. The second kappa shape index (κ2) is 7.12. The number of methoxy groups -OCH3 is 1. The Morgan fingerprint density at radius 1 is 1.17 bits per heavy atom. The Bertz CT molecular complexity index is 923. The molecule has 0 atom stereocenters. The number of nitrogens with one attached hydrogen (secondary N) is 1. The Morgan fingerprint density at radius 3 is 2.79 bits per heavy atom. The topological polar surface area (TPSA) is 68.3 Å². The van der Waals surface area contributed by atoms with E-state index in [-0.39, 0.29) is 11.4 Å². The van der Waals surface area contributed by atoms with Crippen LogP contribution in [0, 0.1) is 0 Å². The molecule has 0 spiro atoms. The second-order valence-corrected chi connectivity index (χ2v) is 7.71. The molecule has 0 aliphatic carbocycles. The molecule has 0 saturated carbocycles. The number of nitrogens with zero attached hydrogens (tertiary/aromatic N) is 1. The average Bonchev–Trinajstić information content (AvgIpc) is 3.15. The summed E-state index contributed by atoms with van der Waals surface area (Å²) in [7, 11) is -2.13. The first-order valence-electron chi connectivity index (χ1n) is 7.21. The summed E-state index contributed by atoms with van der Waals surface area (Å²) in [6, 6.07) is 14.0. The molecular formula is C17H16N2O3S2. The Hall–Kier alpha value is -2.22. The van der Waals surface area contributed by atoms with Gasteiger partial charge in [-0.25, -0.2) is 13.1 Å². The summed E-state index contributed by atoms with van der Waals surface area (Å²) in [5.41, 5.74) is 1.62. The minimum Gasteiger partial charge on any atom is -0.497 e. The lowest BCUT2D eigenvalue weighted by Crippen LogP contribution is -2.23. The van der Waals surface area contributed by atoms with Crippen LogP contribution in [-0.2, 0) is 16.6 Å². The molecule has 0 aliphatic rings. The highest BCUT2D eigenvalue weighted by Gasteiger charge is 2.16. The molecule has 3 rings (SSSR count). The Labute approximate surface area is 145 Å². The lowest BCUT2D eigenvalue weighted by atomic mass is 10.2. The third kappa shape index (κ3) is 3.64. The summed E-state index contributed by atoms with van der Waals surface area (Å²) < 4.78 is 32.7. The summed E-state index contributed by atoms with van der Waals surface area (Å²) >= 11 is 1.57. The van der Waals surface area contributed by atoms with E-state index in [0.717, 1.165) is 16.1 Å². The van der Waals surface area contributed by atoms with Gasteiger partial charge < -0.3 is 4.74 Å². The first-order chi connectivity index (χ1) is 11.6. The maximum Gasteiger partial charge on any atom is 0.241 e. The van der Waals surface area contributed by atoms with E-state index in [1.165, 1.54) is 19.2 Å². The van der Waals surface area contributed by atoms with Crippen LogP contribution < -0.4 is 9.46 Å².